The van der Waals surface area contributed by atoms with Crippen molar-refractivity contribution in [3.05, 3.63) is 59.7 Å². The molecule has 1 aromatic carbocycles. The molecule has 1 amide bonds. The fourth-order valence-corrected chi connectivity index (χ4v) is 2.30. The van der Waals surface area contributed by atoms with Gasteiger partial charge in [0.25, 0.3) is 17.5 Å². The van der Waals surface area contributed by atoms with Crippen molar-refractivity contribution in [3.63, 3.8) is 0 Å². The largest absolute Gasteiger partial charge is 0.450 e. The number of carbonyl (C=O) groups is 2. The second-order valence-electron chi connectivity index (χ2n) is 5.51. The summed E-state index contributed by atoms with van der Waals surface area (Å²) in [5.41, 5.74) is 1.75. The van der Waals surface area contributed by atoms with Crippen molar-refractivity contribution >= 4 is 17.7 Å². The molecule has 8 nitrogen and oxygen atoms in total. The fraction of sp³-hybridized carbons (Fsp3) is 0.235. The summed E-state index contributed by atoms with van der Waals surface area (Å²) in [5, 5.41) is 6.80. The van der Waals surface area contributed by atoms with Crippen molar-refractivity contribution in [3.8, 4) is 0 Å². The predicted molar refractivity (Wildman–Crippen MR) is 88.8 cm³/mol. The highest BCUT2D eigenvalue weighted by Crippen LogP contribution is 2.10. The Kier molecular flexibility index (Phi) is 4.69. The molecule has 0 fully saturated rings. The summed E-state index contributed by atoms with van der Waals surface area (Å²) in [5.74, 6) is -1.00. The number of aromatic nitrogens is 4. The van der Waals surface area contributed by atoms with E-state index in [-0.39, 0.29) is 11.9 Å². The smallest absolute Gasteiger partial charge is 0.378 e. The lowest BCUT2D eigenvalue weighted by Crippen LogP contribution is -2.31. The first-order chi connectivity index (χ1) is 12.0. The van der Waals surface area contributed by atoms with E-state index < -0.39 is 18.5 Å². The third-order valence-electron chi connectivity index (χ3n) is 3.62. The molecule has 0 aliphatic rings. The van der Waals surface area contributed by atoms with Gasteiger partial charge >= 0.3 is 5.97 Å². The summed E-state index contributed by atoms with van der Waals surface area (Å²) < 4.78 is 6.42. The van der Waals surface area contributed by atoms with Gasteiger partial charge in [-0.25, -0.2) is 14.3 Å². The Morgan fingerprint density at radius 1 is 1.24 bits per heavy atom. The van der Waals surface area contributed by atoms with Crippen LogP contribution in [0.3, 0.4) is 0 Å². The SMILES string of the molecule is Cc1ccnc2nc(C(=O)OCC(=O)NC(C)c3ccccc3)nn12. The first-order valence-corrected chi connectivity index (χ1v) is 7.74. The van der Waals surface area contributed by atoms with Gasteiger partial charge in [-0.2, -0.15) is 4.98 Å². The molecule has 8 heteroatoms. The molecule has 0 aliphatic heterocycles. The summed E-state index contributed by atoms with van der Waals surface area (Å²) in [7, 11) is 0. The van der Waals surface area contributed by atoms with Crippen molar-refractivity contribution in [1.29, 1.82) is 0 Å². The highest BCUT2D eigenvalue weighted by Gasteiger charge is 2.18. The van der Waals surface area contributed by atoms with Gasteiger partial charge in [-0.3, -0.25) is 4.79 Å². The van der Waals surface area contributed by atoms with Gasteiger partial charge in [-0.15, -0.1) is 5.10 Å². The maximum Gasteiger partial charge on any atom is 0.378 e. The monoisotopic (exact) mass is 339 g/mol. The summed E-state index contributed by atoms with van der Waals surface area (Å²) in [6.45, 7) is 3.27. The van der Waals surface area contributed by atoms with Crippen LogP contribution in [0.4, 0.5) is 0 Å². The van der Waals surface area contributed by atoms with Gasteiger partial charge in [-0.05, 0) is 25.5 Å². The van der Waals surface area contributed by atoms with E-state index in [0.29, 0.717) is 5.78 Å². The minimum absolute atomic E-state index is 0.134. The first kappa shape index (κ1) is 16.6. The first-order valence-electron chi connectivity index (χ1n) is 7.74. The fourth-order valence-electron chi connectivity index (χ4n) is 2.30. The molecular weight excluding hydrogens is 322 g/mol. The van der Waals surface area contributed by atoms with Gasteiger partial charge in [0.1, 0.15) is 0 Å². The summed E-state index contributed by atoms with van der Waals surface area (Å²) >= 11 is 0. The lowest BCUT2D eigenvalue weighted by atomic mass is 10.1. The molecule has 2 heterocycles. The Morgan fingerprint density at radius 3 is 2.72 bits per heavy atom. The quantitative estimate of drug-likeness (QED) is 0.707. The molecule has 0 spiro atoms. The Hall–Kier alpha value is -3.29. The van der Waals surface area contributed by atoms with E-state index in [1.54, 1.807) is 12.3 Å². The van der Waals surface area contributed by atoms with Crippen LogP contribution >= 0.6 is 0 Å². The van der Waals surface area contributed by atoms with Crippen molar-refractivity contribution in [1.82, 2.24) is 24.9 Å². The Balaban J connectivity index is 1.58. The highest BCUT2D eigenvalue weighted by molar-refractivity contribution is 5.88. The minimum Gasteiger partial charge on any atom is -0.450 e. The second kappa shape index (κ2) is 7.08. The second-order valence-corrected chi connectivity index (χ2v) is 5.51. The number of esters is 1. The van der Waals surface area contributed by atoms with Crippen LogP contribution in [0.1, 0.15) is 34.8 Å². The zero-order valence-corrected chi connectivity index (χ0v) is 13.8. The average molecular weight is 339 g/mol. The zero-order chi connectivity index (χ0) is 17.8. The van der Waals surface area contributed by atoms with E-state index in [9.17, 15) is 9.59 Å². The van der Waals surface area contributed by atoms with Gasteiger partial charge in [-0.1, -0.05) is 30.3 Å². The van der Waals surface area contributed by atoms with E-state index in [1.807, 2.05) is 44.2 Å². The average Bonchev–Trinajstić information content (AvgIpc) is 3.06. The van der Waals surface area contributed by atoms with Crippen LogP contribution in [0.2, 0.25) is 0 Å². The van der Waals surface area contributed by atoms with Crippen molar-refractivity contribution in [2.75, 3.05) is 6.61 Å². The molecule has 0 bridgehead atoms. The molecule has 0 radical (unpaired) electrons. The number of rotatable bonds is 5. The number of nitrogens with zero attached hydrogens (tertiary/aromatic N) is 4. The molecule has 0 saturated carbocycles. The zero-order valence-electron chi connectivity index (χ0n) is 13.8. The number of benzene rings is 1. The van der Waals surface area contributed by atoms with Crippen LogP contribution in [0, 0.1) is 6.92 Å². The van der Waals surface area contributed by atoms with Crippen LogP contribution in [-0.2, 0) is 9.53 Å². The van der Waals surface area contributed by atoms with Gasteiger partial charge in [0, 0.05) is 11.9 Å². The van der Waals surface area contributed by atoms with Crippen LogP contribution in [0.25, 0.3) is 5.78 Å². The predicted octanol–water partition coefficient (Wildman–Crippen LogP) is 1.47. The van der Waals surface area contributed by atoms with E-state index in [2.05, 4.69) is 20.4 Å². The number of amides is 1. The molecule has 2 aromatic heterocycles. The highest BCUT2D eigenvalue weighted by atomic mass is 16.5. The number of ether oxygens (including phenoxy) is 1. The number of fused-ring (bicyclic) bond motifs is 1. The van der Waals surface area contributed by atoms with Gasteiger partial charge < -0.3 is 10.1 Å². The Bertz CT molecular complexity index is 907. The Labute approximate surface area is 143 Å². The van der Waals surface area contributed by atoms with Crippen molar-refractivity contribution in [2.45, 2.75) is 19.9 Å². The molecule has 128 valence electrons. The van der Waals surface area contributed by atoms with Gasteiger partial charge in [0.2, 0.25) is 0 Å². The lowest BCUT2D eigenvalue weighted by molar-refractivity contribution is -0.124. The van der Waals surface area contributed by atoms with Crippen LogP contribution < -0.4 is 5.32 Å². The number of hydrogen-bond acceptors (Lipinski definition) is 6. The third-order valence-corrected chi connectivity index (χ3v) is 3.62. The standard InChI is InChI=1S/C17H17N5O3/c1-11-8-9-18-17-20-15(21-22(11)17)16(24)25-10-14(23)19-12(2)13-6-4-3-5-7-13/h3-9,12H,10H2,1-2H3,(H,19,23). The molecule has 1 unspecified atom stereocenters. The van der Waals surface area contributed by atoms with E-state index in [4.69, 9.17) is 4.74 Å². The molecular formula is C17H17N5O3. The summed E-state index contributed by atoms with van der Waals surface area (Å²) in [4.78, 5) is 32.0. The molecule has 1 atom stereocenters. The lowest BCUT2D eigenvalue weighted by Gasteiger charge is -2.13. The molecule has 3 rings (SSSR count). The molecule has 0 saturated heterocycles. The van der Waals surface area contributed by atoms with Crippen LogP contribution in [0.15, 0.2) is 42.6 Å². The molecule has 25 heavy (non-hydrogen) atoms. The van der Waals surface area contributed by atoms with Crippen molar-refractivity contribution in [2.24, 2.45) is 0 Å². The number of carbonyl (C=O) groups excluding carboxylic acids is 2. The van der Waals surface area contributed by atoms with E-state index >= 15 is 0 Å². The maximum atomic E-state index is 12.0. The molecule has 0 aliphatic carbocycles. The molecule has 1 N–H and O–H groups in total. The Morgan fingerprint density at radius 2 is 2.00 bits per heavy atom. The van der Waals surface area contributed by atoms with Gasteiger partial charge in [0.15, 0.2) is 6.61 Å². The normalized spacial score (nSPS) is 11.9. The van der Waals surface area contributed by atoms with E-state index in [0.717, 1.165) is 11.3 Å². The number of hydrogen-bond donors (Lipinski definition) is 1. The maximum absolute atomic E-state index is 12.0. The van der Waals surface area contributed by atoms with Crippen LogP contribution in [-0.4, -0.2) is 38.1 Å². The van der Waals surface area contributed by atoms with E-state index in [1.165, 1.54) is 4.52 Å². The topological polar surface area (TPSA) is 98.5 Å². The minimum atomic E-state index is -0.771. The van der Waals surface area contributed by atoms with Gasteiger partial charge in [0.05, 0.1) is 6.04 Å². The van der Waals surface area contributed by atoms with Crippen LogP contribution in [0.5, 0.6) is 0 Å². The number of nitrogens with one attached hydrogen (secondary N) is 1. The number of aryl methyl sites for hydroxylation is 1. The third kappa shape index (κ3) is 3.79. The summed E-state index contributed by atoms with van der Waals surface area (Å²) in [6, 6.07) is 11.1. The molecule has 3 aromatic rings. The van der Waals surface area contributed by atoms with Crippen molar-refractivity contribution < 1.29 is 14.3 Å². The summed E-state index contributed by atoms with van der Waals surface area (Å²) in [6.07, 6.45) is 1.58.